The fraction of sp³-hybridized carbons (Fsp3) is 0.538. The first-order valence-corrected chi connectivity index (χ1v) is 5.87. The van der Waals surface area contributed by atoms with Crippen molar-refractivity contribution >= 4 is 0 Å². The first-order valence-electron chi connectivity index (χ1n) is 5.87. The second-order valence-electron chi connectivity index (χ2n) is 3.98. The van der Waals surface area contributed by atoms with Gasteiger partial charge in [-0.1, -0.05) is 6.07 Å². The molecule has 0 aromatic heterocycles. The molecule has 2 atom stereocenters. The smallest absolute Gasteiger partial charge is 0.128 e. The molecule has 0 bridgehead atoms. The molecule has 102 valence electrons. The predicted octanol–water partition coefficient (Wildman–Crippen LogP) is 0.708. The highest BCUT2D eigenvalue weighted by Gasteiger charge is 2.25. The van der Waals surface area contributed by atoms with Crippen LogP contribution in [0.3, 0.4) is 0 Å². The molecule has 5 nitrogen and oxygen atoms in total. The number of methoxy groups -OCH3 is 2. The molecule has 0 aliphatic carbocycles. The highest BCUT2D eigenvalue weighted by molar-refractivity contribution is 5.46. The van der Waals surface area contributed by atoms with Gasteiger partial charge in [-0.25, -0.2) is 0 Å². The maximum absolute atomic E-state index is 10.2. The van der Waals surface area contributed by atoms with E-state index in [4.69, 9.17) is 9.47 Å². The number of aliphatic hydroxyl groups is 2. The van der Waals surface area contributed by atoms with Crippen molar-refractivity contribution in [1.82, 2.24) is 5.32 Å². The molecule has 2 unspecified atom stereocenters. The van der Waals surface area contributed by atoms with Gasteiger partial charge >= 0.3 is 0 Å². The summed E-state index contributed by atoms with van der Waals surface area (Å²) >= 11 is 0. The Bertz CT molecular complexity index is 348. The van der Waals surface area contributed by atoms with Crippen LogP contribution < -0.4 is 14.8 Å². The zero-order valence-electron chi connectivity index (χ0n) is 11.0. The molecule has 1 aromatic carbocycles. The van der Waals surface area contributed by atoms with Crippen LogP contribution in [0.25, 0.3) is 0 Å². The second-order valence-corrected chi connectivity index (χ2v) is 3.98. The quantitative estimate of drug-likeness (QED) is 0.669. The van der Waals surface area contributed by atoms with Gasteiger partial charge in [-0.15, -0.1) is 0 Å². The number of rotatable bonds is 7. The van der Waals surface area contributed by atoms with E-state index in [9.17, 15) is 10.2 Å². The third-order valence-electron chi connectivity index (χ3n) is 2.82. The number of benzene rings is 1. The minimum absolute atomic E-state index is 0.443. The summed E-state index contributed by atoms with van der Waals surface area (Å²) in [5.41, 5.74) is 0.478. The summed E-state index contributed by atoms with van der Waals surface area (Å²) in [5.74, 6) is 1.01. The van der Waals surface area contributed by atoms with Crippen molar-refractivity contribution in [3.05, 3.63) is 23.8 Å². The fourth-order valence-electron chi connectivity index (χ4n) is 1.81. The summed E-state index contributed by atoms with van der Waals surface area (Å²) in [5, 5.41) is 23.1. The van der Waals surface area contributed by atoms with Gasteiger partial charge in [-0.2, -0.15) is 0 Å². The Morgan fingerprint density at radius 1 is 1.17 bits per heavy atom. The van der Waals surface area contributed by atoms with Crippen LogP contribution in [0.2, 0.25) is 0 Å². The van der Waals surface area contributed by atoms with Crippen molar-refractivity contribution in [3.63, 3.8) is 0 Å². The van der Waals surface area contributed by atoms with E-state index in [1.807, 2.05) is 0 Å². The number of hydrogen-bond acceptors (Lipinski definition) is 5. The largest absolute Gasteiger partial charge is 0.496 e. The van der Waals surface area contributed by atoms with Gasteiger partial charge in [0.25, 0.3) is 0 Å². The van der Waals surface area contributed by atoms with Gasteiger partial charge < -0.3 is 25.0 Å². The van der Waals surface area contributed by atoms with E-state index in [-0.39, 0.29) is 0 Å². The monoisotopic (exact) mass is 255 g/mol. The van der Waals surface area contributed by atoms with Gasteiger partial charge in [0, 0.05) is 0 Å². The number of aliphatic hydroxyl groups excluding tert-OH is 2. The first kappa shape index (κ1) is 14.8. The van der Waals surface area contributed by atoms with E-state index < -0.39 is 12.2 Å². The lowest BCUT2D eigenvalue weighted by Gasteiger charge is -2.22. The molecule has 5 heteroatoms. The van der Waals surface area contributed by atoms with Crippen molar-refractivity contribution in [2.24, 2.45) is 0 Å². The Morgan fingerprint density at radius 2 is 1.72 bits per heavy atom. The molecule has 18 heavy (non-hydrogen) atoms. The average Bonchev–Trinajstić information content (AvgIpc) is 2.42. The minimum Gasteiger partial charge on any atom is -0.496 e. The third kappa shape index (κ3) is 3.35. The van der Waals surface area contributed by atoms with Crippen molar-refractivity contribution in [2.45, 2.75) is 18.6 Å². The number of nitrogens with one attached hydrogen (secondary N) is 1. The van der Waals surface area contributed by atoms with Gasteiger partial charge in [0.2, 0.25) is 0 Å². The van der Waals surface area contributed by atoms with Crippen molar-refractivity contribution in [2.75, 3.05) is 27.8 Å². The zero-order valence-corrected chi connectivity index (χ0v) is 11.0. The number of ether oxygens (including phenoxy) is 2. The lowest BCUT2D eigenvalue weighted by atomic mass is 10.00. The molecule has 0 fully saturated rings. The molecule has 0 heterocycles. The number of hydrogen-bond donors (Lipinski definition) is 3. The molecule has 1 aromatic rings. The van der Waals surface area contributed by atoms with E-state index in [0.717, 1.165) is 0 Å². The average molecular weight is 255 g/mol. The maximum atomic E-state index is 10.2. The molecule has 0 saturated heterocycles. The van der Waals surface area contributed by atoms with Crippen molar-refractivity contribution < 1.29 is 19.7 Å². The van der Waals surface area contributed by atoms with E-state index in [0.29, 0.717) is 30.0 Å². The normalized spacial score (nSPS) is 14.1. The lowest BCUT2D eigenvalue weighted by Crippen LogP contribution is -2.24. The molecule has 0 amide bonds. The van der Waals surface area contributed by atoms with Crippen LogP contribution in [0.5, 0.6) is 11.5 Å². The Kier molecular flexibility index (Phi) is 5.91. The Morgan fingerprint density at radius 3 is 2.17 bits per heavy atom. The second kappa shape index (κ2) is 7.20. The highest BCUT2D eigenvalue weighted by Crippen LogP contribution is 2.35. The standard InChI is InChI=1S/C13H21NO4/c1-14-8-7-9(15)13(16)12-10(17-2)5-4-6-11(12)18-3/h4-6,9,13-16H,7-8H2,1-3H3. The molecule has 0 aliphatic heterocycles. The van der Waals surface area contributed by atoms with Crippen LogP contribution in [-0.4, -0.2) is 44.1 Å². The summed E-state index contributed by atoms with van der Waals surface area (Å²) in [6.45, 7) is 0.621. The Balaban J connectivity index is 2.98. The maximum Gasteiger partial charge on any atom is 0.128 e. The summed E-state index contributed by atoms with van der Waals surface area (Å²) in [4.78, 5) is 0. The first-order chi connectivity index (χ1) is 8.65. The molecular weight excluding hydrogens is 234 g/mol. The van der Waals surface area contributed by atoms with Gasteiger partial charge in [-0.3, -0.25) is 0 Å². The highest BCUT2D eigenvalue weighted by atomic mass is 16.5. The lowest BCUT2D eigenvalue weighted by molar-refractivity contribution is 0.0113. The van der Waals surface area contributed by atoms with Crippen LogP contribution in [0.4, 0.5) is 0 Å². The SMILES string of the molecule is CNCCC(O)C(O)c1c(OC)cccc1OC. The minimum atomic E-state index is -1.04. The molecular formula is C13H21NO4. The molecule has 0 spiro atoms. The van der Waals surface area contributed by atoms with Crippen LogP contribution >= 0.6 is 0 Å². The molecule has 0 saturated carbocycles. The zero-order chi connectivity index (χ0) is 13.5. The summed E-state index contributed by atoms with van der Waals surface area (Å²) in [6, 6.07) is 5.23. The van der Waals surface area contributed by atoms with E-state index >= 15 is 0 Å². The van der Waals surface area contributed by atoms with Crippen molar-refractivity contribution in [3.8, 4) is 11.5 Å². The molecule has 0 aliphatic rings. The Labute approximate surface area is 107 Å². The molecule has 0 radical (unpaired) electrons. The van der Waals surface area contributed by atoms with Crippen molar-refractivity contribution in [1.29, 1.82) is 0 Å². The Hall–Kier alpha value is -1.30. The summed E-state index contributed by atoms with van der Waals surface area (Å²) in [6.07, 6.45) is -1.47. The van der Waals surface area contributed by atoms with Crippen LogP contribution in [0.1, 0.15) is 18.1 Å². The molecule has 1 rings (SSSR count). The van der Waals surface area contributed by atoms with E-state index in [1.54, 1.807) is 25.2 Å². The molecule has 3 N–H and O–H groups in total. The summed E-state index contributed by atoms with van der Waals surface area (Å²) < 4.78 is 10.4. The van der Waals surface area contributed by atoms with Crippen LogP contribution in [-0.2, 0) is 0 Å². The van der Waals surface area contributed by atoms with Gasteiger partial charge in [0.1, 0.15) is 17.6 Å². The van der Waals surface area contributed by atoms with E-state index in [2.05, 4.69) is 5.32 Å². The topological polar surface area (TPSA) is 71.0 Å². The van der Waals surface area contributed by atoms with Crippen LogP contribution in [0, 0.1) is 0 Å². The van der Waals surface area contributed by atoms with Gasteiger partial charge in [0.15, 0.2) is 0 Å². The predicted molar refractivity (Wildman–Crippen MR) is 69.1 cm³/mol. The summed E-state index contributed by atoms with van der Waals surface area (Å²) in [7, 11) is 4.83. The van der Waals surface area contributed by atoms with E-state index in [1.165, 1.54) is 14.2 Å². The fourth-order valence-corrected chi connectivity index (χ4v) is 1.81. The van der Waals surface area contributed by atoms with Gasteiger partial charge in [-0.05, 0) is 32.1 Å². The van der Waals surface area contributed by atoms with Gasteiger partial charge in [0.05, 0.1) is 25.9 Å². The third-order valence-corrected chi connectivity index (χ3v) is 2.82. The van der Waals surface area contributed by atoms with Crippen LogP contribution in [0.15, 0.2) is 18.2 Å².